The van der Waals surface area contributed by atoms with Gasteiger partial charge in [-0.3, -0.25) is 14.5 Å². The summed E-state index contributed by atoms with van der Waals surface area (Å²) in [4.78, 5) is 25.9. The molecule has 3 aromatic rings. The van der Waals surface area contributed by atoms with Crippen LogP contribution in [0.25, 0.3) is 16.9 Å². The van der Waals surface area contributed by atoms with Gasteiger partial charge in [0, 0.05) is 5.56 Å². The molecule has 0 bridgehead atoms. The van der Waals surface area contributed by atoms with Gasteiger partial charge in [-0.2, -0.15) is 0 Å². The van der Waals surface area contributed by atoms with Crippen LogP contribution in [0.2, 0.25) is 0 Å². The number of imide groups is 1. The molecule has 0 unspecified atom stereocenters. The second kappa shape index (κ2) is 10.2. The minimum absolute atomic E-state index is 0.0309. The molecule has 0 aromatic heterocycles. The Kier molecular flexibility index (Phi) is 7.14. The first kappa shape index (κ1) is 24.4. The third-order valence-electron chi connectivity index (χ3n) is 5.77. The van der Waals surface area contributed by atoms with Gasteiger partial charge in [-0.05, 0) is 34.9 Å². The first-order valence-electron chi connectivity index (χ1n) is 11.1. The number of sulfone groups is 1. The lowest BCUT2D eigenvalue weighted by atomic mass is 9.99. The molecule has 1 N–H and O–H groups in total. The molecular weight excluding hydrogens is 466 g/mol. The SMILES string of the molecule is C=C(O)c1ccc(-c2ccccc2)cc1CS(=O)(=O)CCOCCN1C(=O)c2ccccc2C1=O. The lowest BCUT2D eigenvalue weighted by molar-refractivity contribution is 0.0575. The lowest BCUT2D eigenvalue weighted by Gasteiger charge is -2.14. The van der Waals surface area contributed by atoms with E-state index >= 15 is 0 Å². The van der Waals surface area contributed by atoms with E-state index in [4.69, 9.17) is 4.74 Å². The van der Waals surface area contributed by atoms with E-state index in [0.29, 0.717) is 22.3 Å². The molecule has 1 aliphatic heterocycles. The van der Waals surface area contributed by atoms with Crippen molar-refractivity contribution in [2.75, 3.05) is 25.5 Å². The van der Waals surface area contributed by atoms with Crippen LogP contribution in [-0.2, 0) is 20.3 Å². The maximum Gasteiger partial charge on any atom is 0.261 e. The number of amides is 2. The molecule has 0 fully saturated rings. The highest BCUT2D eigenvalue weighted by molar-refractivity contribution is 7.90. The summed E-state index contributed by atoms with van der Waals surface area (Å²) < 4.78 is 31.0. The van der Waals surface area contributed by atoms with E-state index in [1.165, 1.54) is 0 Å². The molecule has 1 heterocycles. The molecule has 1 aliphatic rings. The Morgan fingerprint density at radius 1 is 0.857 bits per heavy atom. The average Bonchev–Trinajstić information content (AvgIpc) is 3.09. The third-order valence-corrected chi connectivity index (χ3v) is 7.31. The quantitative estimate of drug-likeness (QED) is 0.260. The van der Waals surface area contributed by atoms with Crippen LogP contribution in [0.1, 0.15) is 31.8 Å². The molecule has 0 aliphatic carbocycles. The molecule has 0 atom stereocenters. The minimum Gasteiger partial charge on any atom is -0.508 e. The average molecular weight is 492 g/mol. The molecule has 7 nitrogen and oxygen atoms in total. The van der Waals surface area contributed by atoms with Crippen molar-refractivity contribution in [2.45, 2.75) is 5.75 Å². The number of aliphatic hydroxyl groups is 1. The zero-order valence-corrected chi connectivity index (χ0v) is 19.8. The zero-order chi connectivity index (χ0) is 25.0. The summed E-state index contributed by atoms with van der Waals surface area (Å²) in [6.07, 6.45) is 0. The number of carbonyl (C=O) groups is 2. The Balaban J connectivity index is 1.34. The molecule has 0 spiro atoms. The molecule has 0 saturated carbocycles. The molecule has 4 rings (SSSR count). The van der Waals surface area contributed by atoms with Crippen LogP contribution in [-0.4, -0.2) is 55.7 Å². The van der Waals surface area contributed by atoms with Crippen LogP contribution in [0.4, 0.5) is 0 Å². The number of carbonyl (C=O) groups excluding carboxylic acids is 2. The van der Waals surface area contributed by atoms with Crippen molar-refractivity contribution in [1.82, 2.24) is 4.90 Å². The number of nitrogens with zero attached hydrogens (tertiary/aromatic N) is 1. The van der Waals surface area contributed by atoms with Crippen LogP contribution in [0.5, 0.6) is 0 Å². The van der Waals surface area contributed by atoms with Gasteiger partial charge in [-0.1, -0.05) is 61.2 Å². The first-order chi connectivity index (χ1) is 16.8. The number of hydrogen-bond donors (Lipinski definition) is 1. The van der Waals surface area contributed by atoms with E-state index < -0.39 is 9.84 Å². The number of fused-ring (bicyclic) bond motifs is 1. The highest BCUT2D eigenvalue weighted by atomic mass is 32.2. The summed E-state index contributed by atoms with van der Waals surface area (Å²) in [7, 11) is -3.58. The summed E-state index contributed by atoms with van der Waals surface area (Å²) in [5.74, 6) is -1.49. The van der Waals surface area contributed by atoms with Crippen LogP contribution in [0, 0.1) is 0 Å². The third kappa shape index (κ3) is 5.50. The van der Waals surface area contributed by atoms with E-state index in [9.17, 15) is 23.1 Å². The fourth-order valence-corrected chi connectivity index (χ4v) is 5.23. The van der Waals surface area contributed by atoms with E-state index in [1.807, 2.05) is 36.4 Å². The molecular formula is C27H25NO6S. The largest absolute Gasteiger partial charge is 0.508 e. The Bertz CT molecular complexity index is 1350. The first-order valence-corrected chi connectivity index (χ1v) is 12.9. The molecule has 180 valence electrons. The van der Waals surface area contributed by atoms with Gasteiger partial charge in [0.25, 0.3) is 11.8 Å². The predicted molar refractivity (Wildman–Crippen MR) is 134 cm³/mol. The van der Waals surface area contributed by atoms with Crippen molar-refractivity contribution in [3.63, 3.8) is 0 Å². The van der Waals surface area contributed by atoms with Gasteiger partial charge in [0.1, 0.15) is 5.76 Å². The Morgan fingerprint density at radius 3 is 2.11 bits per heavy atom. The summed E-state index contributed by atoms with van der Waals surface area (Å²) in [5.41, 5.74) is 3.30. The lowest BCUT2D eigenvalue weighted by Crippen LogP contribution is -2.33. The summed E-state index contributed by atoms with van der Waals surface area (Å²) in [6.45, 7) is 3.53. The maximum absolute atomic E-state index is 12.8. The van der Waals surface area contributed by atoms with Gasteiger partial charge >= 0.3 is 0 Å². The van der Waals surface area contributed by atoms with Crippen molar-refractivity contribution in [2.24, 2.45) is 0 Å². The fraction of sp³-hybridized carbons (Fsp3) is 0.185. The normalized spacial score (nSPS) is 13.2. The Hall–Kier alpha value is -3.75. The van der Waals surface area contributed by atoms with Gasteiger partial charge in [0.15, 0.2) is 9.84 Å². The monoisotopic (exact) mass is 491 g/mol. The van der Waals surface area contributed by atoms with Crippen molar-refractivity contribution in [1.29, 1.82) is 0 Å². The van der Waals surface area contributed by atoms with Crippen LogP contribution in [0.15, 0.2) is 79.4 Å². The van der Waals surface area contributed by atoms with E-state index in [0.717, 1.165) is 16.0 Å². The number of benzene rings is 3. The fourth-order valence-electron chi connectivity index (χ4n) is 4.00. The highest BCUT2D eigenvalue weighted by Gasteiger charge is 2.34. The van der Waals surface area contributed by atoms with Gasteiger partial charge in [0.05, 0.1) is 42.4 Å². The molecule has 2 amide bonds. The highest BCUT2D eigenvalue weighted by Crippen LogP contribution is 2.27. The predicted octanol–water partition coefficient (Wildman–Crippen LogP) is 4.11. The van der Waals surface area contributed by atoms with Gasteiger partial charge in [-0.15, -0.1) is 0 Å². The number of aliphatic hydroxyl groups excluding tert-OH is 1. The summed E-state index contributed by atoms with van der Waals surface area (Å²) in [6, 6.07) is 21.3. The second-order valence-corrected chi connectivity index (χ2v) is 10.4. The Morgan fingerprint density at radius 2 is 1.49 bits per heavy atom. The van der Waals surface area contributed by atoms with E-state index in [-0.39, 0.29) is 48.8 Å². The van der Waals surface area contributed by atoms with Gasteiger partial charge < -0.3 is 9.84 Å². The van der Waals surface area contributed by atoms with Crippen LogP contribution >= 0.6 is 0 Å². The standard InChI is InChI=1S/C27H25NO6S/c1-19(29)23-12-11-21(20-7-3-2-4-8-20)17-22(23)18-35(32,33)16-15-34-14-13-28-26(30)24-9-5-6-10-25(24)27(28)31/h2-12,17,29H,1,13-16,18H2. The molecule has 35 heavy (non-hydrogen) atoms. The Labute approximate surface area is 204 Å². The smallest absolute Gasteiger partial charge is 0.261 e. The van der Waals surface area contributed by atoms with E-state index in [2.05, 4.69) is 6.58 Å². The maximum atomic E-state index is 12.8. The second-order valence-electron chi connectivity index (χ2n) is 8.20. The minimum atomic E-state index is -3.58. The van der Waals surface area contributed by atoms with Crippen molar-refractivity contribution < 1.29 is 27.9 Å². The zero-order valence-electron chi connectivity index (χ0n) is 19.0. The van der Waals surface area contributed by atoms with Crippen molar-refractivity contribution in [3.05, 3.63) is 102 Å². The number of hydrogen-bond acceptors (Lipinski definition) is 6. The number of rotatable bonds is 10. The van der Waals surface area contributed by atoms with Gasteiger partial charge in [-0.25, -0.2) is 8.42 Å². The summed E-state index contributed by atoms with van der Waals surface area (Å²) in [5, 5.41) is 9.95. The van der Waals surface area contributed by atoms with Crippen LogP contribution < -0.4 is 0 Å². The van der Waals surface area contributed by atoms with Crippen molar-refractivity contribution >= 4 is 27.4 Å². The molecule has 3 aromatic carbocycles. The molecule has 0 radical (unpaired) electrons. The summed E-state index contributed by atoms with van der Waals surface area (Å²) >= 11 is 0. The number of ether oxygens (including phenoxy) is 1. The molecule has 8 heteroatoms. The molecule has 0 saturated heterocycles. The van der Waals surface area contributed by atoms with Crippen molar-refractivity contribution in [3.8, 4) is 11.1 Å². The topological polar surface area (TPSA) is 101 Å². The van der Waals surface area contributed by atoms with E-state index in [1.54, 1.807) is 36.4 Å². The van der Waals surface area contributed by atoms with Gasteiger partial charge in [0.2, 0.25) is 0 Å². The van der Waals surface area contributed by atoms with Crippen LogP contribution in [0.3, 0.4) is 0 Å².